The van der Waals surface area contributed by atoms with Crippen molar-refractivity contribution < 1.29 is 0 Å². The second-order valence-electron chi connectivity index (χ2n) is 11.2. The predicted molar refractivity (Wildman–Crippen MR) is 188 cm³/mol. The average molecular weight is 563 g/mol. The van der Waals surface area contributed by atoms with Crippen LogP contribution < -0.4 is 0 Å². The maximum absolute atomic E-state index is 2.45. The summed E-state index contributed by atoms with van der Waals surface area (Å²) >= 11 is 1.90. The molecule has 8 aromatic carbocycles. The third-order valence-corrected chi connectivity index (χ3v) is 9.98. The molecule has 0 saturated heterocycles. The lowest BCUT2D eigenvalue weighted by Crippen LogP contribution is -1.92. The Kier molecular flexibility index (Phi) is 5.47. The Bertz CT molecular complexity index is 2420. The van der Waals surface area contributed by atoms with Crippen molar-refractivity contribution in [2.45, 2.75) is 0 Å². The van der Waals surface area contributed by atoms with Gasteiger partial charge in [-0.2, -0.15) is 0 Å². The van der Waals surface area contributed by atoms with Crippen LogP contribution in [-0.4, -0.2) is 0 Å². The molecular weight excluding hydrogens is 537 g/mol. The van der Waals surface area contributed by atoms with Crippen molar-refractivity contribution in [2.75, 3.05) is 0 Å². The second kappa shape index (κ2) is 9.66. The molecule has 9 rings (SSSR count). The standard InChI is InChI=1S/C42H26S/c1-2-12-27(13-3-1)28-22-24-29(25-23-28)40-32-16-6-8-18-34(32)41(35-19-9-7-17-33(35)40)37-26-39-42(31-15-5-4-14-30(31)37)36-20-10-11-21-38(36)43-39/h1-26H. The molecule has 1 aromatic heterocycles. The molecule has 0 fully saturated rings. The van der Waals surface area contributed by atoms with Crippen molar-refractivity contribution in [3.05, 3.63) is 158 Å². The summed E-state index contributed by atoms with van der Waals surface area (Å²) in [5, 5.41) is 10.5. The van der Waals surface area contributed by atoms with Crippen LogP contribution in [0.25, 0.3) is 85.9 Å². The molecule has 9 aromatic rings. The van der Waals surface area contributed by atoms with Crippen LogP contribution in [0, 0.1) is 0 Å². The summed E-state index contributed by atoms with van der Waals surface area (Å²) in [5.74, 6) is 0. The van der Waals surface area contributed by atoms with E-state index in [4.69, 9.17) is 0 Å². The fourth-order valence-electron chi connectivity index (χ4n) is 6.99. The first-order valence-electron chi connectivity index (χ1n) is 14.8. The molecule has 0 bridgehead atoms. The minimum atomic E-state index is 1.23. The van der Waals surface area contributed by atoms with Gasteiger partial charge in [-0.25, -0.2) is 0 Å². The number of thiophene rings is 1. The van der Waals surface area contributed by atoms with Gasteiger partial charge in [0.15, 0.2) is 0 Å². The first-order chi connectivity index (χ1) is 21.3. The van der Waals surface area contributed by atoms with Gasteiger partial charge in [0.25, 0.3) is 0 Å². The molecule has 0 radical (unpaired) electrons. The van der Waals surface area contributed by atoms with Crippen molar-refractivity contribution in [2.24, 2.45) is 0 Å². The molecule has 0 amide bonds. The van der Waals surface area contributed by atoms with Gasteiger partial charge in [0, 0.05) is 20.2 Å². The smallest absolute Gasteiger partial charge is 0.0368 e. The van der Waals surface area contributed by atoms with E-state index in [0.717, 1.165) is 0 Å². The molecule has 1 heterocycles. The van der Waals surface area contributed by atoms with E-state index in [9.17, 15) is 0 Å². The maximum Gasteiger partial charge on any atom is 0.0368 e. The largest absolute Gasteiger partial charge is 0.135 e. The van der Waals surface area contributed by atoms with E-state index in [1.165, 1.54) is 85.9 Å². The Hall–Kier alpha value is -5.24. The van der Waals surface area contributed by atoms with Crippen molar-refractivity contribution in [1.29, 1.82) is 0 Å². The molecule has 0 N–H and O–H groups in total. The summed E-state index contributed by atoms with van der Waals surface area (Å²) < 4.78 is 2.67. The van der Waals surface area contributed by atoms with Gasteiger partial charge in [-0.1, -0.05) is 146 Å². The Labute approximate surface area is 254 Å². The van der Waals surface area contributed by atoms with E-state index in [1.807, 2.05) is 11.3 Å². The second-order valence-corrected chi connectivity index (χ2v) is 12.3. The Morgan fingerprint density at radius 2 is 0.767 bits per heavy atom. The number of hydrogen-bond donors (Lipinski definition) is 0. The molecule has 0 spiro atoms. The zero-order chi connectivity index (χ0) is 28.3. The molecule has 43 heavy (non-hydrogen) atoms. The first-order valence-corrected chi connectivity index (χ1v) is 15.6. The Morgan fingerprint density at radius 1 is 0.302 bits per heavy atom. The zero-order valence-electron chi connectivity index (χ0n) is 23.4. The van der Waals surface area contributed by atoms with Gasteiger partial charge in [-0.05, 0) is 77.8 Å². The van der Waals surface area contributed by atoms with Crippen LogP contribution in [-0.2, 0) is 0 Å². The number of fused-ring (bicyclic) bond motifs is 7. The van der Waals surface area contributed by atoms with Crippen molar-refractivity contribution in [3.8, 4) is 33.4 Å². The predicted octanol–water partition coefficient (Wildman–Crippen LogP) is 12.5. The van der Waals surface area contributed by atoms with Crippen molar-refractivity contribution in [3.63, 3.8) is 0 Å². The SMILES string of the molecule is c1ccc(-c2ccc(-c3c4ccccc4c(-c4cc5sc6ccccc6c5c5ccccc45)c4ccccc34)cc2)cc1. The zero-order valence-corrected chi connectivity index (χ0v) is 24.2. The van der Waals surface area contributed by atoms with Crippen LogP contribution in [0.4, 0.5) is 0 Å². The third kappa shape index (κ3) is 3.75. The van der Waals surface area contributed by atoms with Crippen LogP contribution in [0.2, 0.25) is 0 Å². The highest BCUT2D eigenvalue weighted by Gasteiger charge is 2.20. The molecule has 0 unspecified atom stereocenters. The molecule has 0 aliphatic rings. The molecule has 200 valence electrons. The summed E-state index contributed by atoms with van der Waals surface area (Å²) in [7, 11) is 0. The highest BCUT2D eigenvalue weighted by Crippen LogP contribution is 2.48. The minimum absolute atomic E-state index is 1.23. The summed E-state index contributed by atoms with van der Waals surface area (Å²) in [6.07, 6.45) is 0. The van der Waals surface area contributed by atoms with Gasteiger partial charge >= 0.3 is 0 Å². The van der Waals surface area contributed by atoms with Crippen LogP contribution in [0.15, 0.2) is 158 Å². The van der Waals surface area contributed by atoms with E-state index in [2.05, 4.69) is 158 Å². The van der Waals surface area contributed by atoms with E-state index >= 15 is 0 Å². The van der Waals surface area contributed by atoms with Gasteiger partial charge in [-0.15, -0.1) is 11.3 Å². The minimum Gasteiger partial charge on any atom is -0.135 e. The molecular formula is C42H26S. The molecule has 0 aliphatic carbocycles. The topological polar surface area (TPSA) is 0 Å². The highest BCUT2D eigenvalue weighted by molar-refractivity contribution is 7.26. The lowest BCUT2D eigenvalue weighted by molar-refractivity contribution is 1.61. The van der Waals surface area contributed by atoms with Gasteiger partial charge in [0.1, 0.15) is 0 Å². The van der Waals surface area contributed by atoms with E-state index in [-0.39, 0.29) is 0 Å². The van der Waals surface area contributed by atoms with Crippen LogP contribution in [0.5, 0.6) is 0 Å². The Morgan fingerprint density at radius 3 is 1.42 bits per heavy atom. The quantitative estimate of drug-likeness (QED) is 0.188. The fourth-order valence-corrected chi connectivity index (χ4v) is 8.15. The van der Waals surface area contributed by atoms with E-state index in [1.54, 1.807) is 0 Å². The van der Waals surface area contributed by atoms with Crippen LogP contribution >= 0.6 is 11.3 Å². The van der Waals surface area contributed by atoms with Crippen molar-refractivity contribution in [1.82, 2.24) is 0 Å². The van der Waals surface area contributed by atoms with Crippen LogP contribution in [0.1, 0.15) is 0 Å². The number of hydrogen-bond acceptors (Lipinski definition) is 1. The lowest BCUT2D eigenvalue weighted by atomic mass is 9.84. The lowest BCUT2D eigenvalue weighted by Gasteiger charge is -2.19. The van der Waals surface area contributed by atoms with Gasteiger partial charge in [-0.3, -0.25) is 0 Å². The molecule has 0 aliphatic heterocycles. The van der Waals surface area contributed by atoms with Gasteiger partial charge < -0.3 is 0 Å². The molecule has 0 atom stereocenters. The maximum atomic E-state index is 2.45. The summed E-state index contributed by atoms with van der Waals surface area (Å²) in [5.41, 5.74) is 7.62. The summed E-state index contributed by atoms with van der Waals surface area (Å²) in [6.45, 7) is 0. The average Bonchev–Trinajstić information content (AvgIpc) is 3.46. The fraction of sp³-hybridized carbons (Fsp3) is 0. The number of rotatable bonds is 3. The van der Waals surface area contributed by atoms with Gasteiger partial charge in [0.05, 0.1) is 0 Å². The third-order valence-electron chi connectivity index (χ3n) is 8.87. The van der Waals surface area contributed by atoms with Crippen LogP contribution in [0.3, 0.4) is 0 Å². The normalized spacial score (nSPS) is 11.7. The molecule has 0 saturated carbocycles. The Balaban J connectivity index is 1.37. The van der Waals surface area contributed by atoms with Crippen molar-refractivity contribution >= 4 is 63.8 Å². The summed E-state index contributed by atoms with van der Waals surface area (Å²) in [6, 6.07) is 57.9. The van der Waals surface area contributed by atoms with E-state index < -0.39 is 0 Å². The molecule has 1 heteroatoms. The molecule has 0 nitrogen and oxygen atoms in total. The summed E-state index contributed by atoms with van der Waals surface area (Å²) in [4.78, 5) is 0. The number of benzene rings is 8. The highest BCUT2D eigenvalue weighted by atomic mass is 32.1. The van der Waals surface area contributed by atoms with Gasteiger partial charge in [0.2, 0.25) is 0 Å². The van der Waals surface area contributed by atoms with E-state index in [0.29, 0.717) is 0 Å². The first kappa shape index (κ1) is 24.4. The monoisotopic (exact) mass is 562 g/mol.